The van der Waals surface area contributed by atoms with Crippen LogP contribution in [0.15, 0.2) is 29.2 Å². The van der Waals surface area contributed by atoms with Crippen molar-refractivity contribution in [1.29, 1.82) is 0 Å². The van der Waals surface area contributed by atoms with Crippen LogP contribution in [-0.4, -0.2) is 28.9 Å². The molecule has 1 aromatic carbocycles. The molecule has 3 nitrogen and oxygen atoms in total. The van der Waals surface area contributed by atoms with Crippen molar-refractivity contribution in [3.8, 4) is 0 Å². The van der Waals surface area contributed by atoms with E-state index in [-0.39, 0.29) is 23.9 Å². The average molecular weight is 269 g/mol. The summed E-state index contributed by atoms with van der Waals surface area (Å²) in [6, 6.07) is 6.39. The van der Waals surface area contributed by atoms with Gasteiger partial charge in [-0.05, 0) is 37.1 Å². The van der Waals surface area contributed by atoms with Gasteiger partial charge in [0.25, 0.3) is 0 Å². The van der Waals surface area contributed by atoms with E-state index in [0.717, 1.165) is 4.90 Å². The summed E-state index contributed by atoms with van der Waals surface area (Å²) >= 11 is 1.53. The lowest BCUT2D eigenvalue weighted by Gasteiger charge is -2.31. The number of aliphatic hydroxyl groups excluding tert-OH is 1. The van der Waals surface area contributed by atoms with Crippen molar-refractivity contribution in [3.63, 3.8) is 0 Å². The summed E-state index contributed by atoms with van der Waals surface area (Å²) in [5, 5.41) is 12.0. The van der Waals surface area contributed by atoms with Gasteiger partial charge in [-0.25, -0.2) is 4.39 Å². The third-order valence-corrected chi connectivity index (χ3v) is 3.90. The van der Waals surface area contributed by atoms with E-state index < -0.39 is 0 Å². The molecule has 1 saturated carbocycles. The van der Waals surface area contributed by atoms with Crippen molar-refractivity contribution in [2.24, 2.45) is 0 Å². The minimum Gasteiger partial charge on any atom is -0.393 e. The maximum absolute atomic E-state index is 12.7. The lowest BCUT2D eigenvalue weighted by molar-refractivity contribution is -0.122. The van der Waals surface area contributed by atoms with Gasteiger partial charge in [0, 0.05) is 23.1 Å². The number of hydrogen-bond acceptors (Lipinski definition) is 3. The van der Waals surface area contributed by atoms with Crippen LogP contribution in [0.1, 0.15) is 19.3 Å². The molecular weight excluding hydrogens is 253 g/mol. The first-order valence-electron chi connectivity index (χ1n) is 5.99. The lowest BCUT2D eigenvalue weighted by Crippen LogP contribution is -2.46. The summed E-state index contributed by atoms with van der Waals surface area (Å²) in [5.41, 5.74) is 0. The Balaban J connectivity index is 1.62. The molecule has 1 amide bonds. The fourth-order valence-corrected chi connectivity index (χ4v) is 2.65. The molecule has 5 heteroatoms. The fourth-order valence-electron chi connectivity index (χ4n) is 1.80. The molecule has 0 heterocycles. The Kier molecular flexibility index (Phi) is 4.60. The zero-order valence-electron chi connectivity index (χ0n) is 9.93. The van der Waals surface area contributed by atoms with Crippen molar-refractivity contribution < 1.29 is 14.3 Å². The number of rotatable bonds is 5. The maximum atomic E-state index is 12.7. The Hall–Kier alpha value is -1.07. The molecule has 98 valence electrons. The molecule has 0 saturated heterocycles. The smallest absolute Gasteiger partial charge is 0.221 e. The van der Waals surface area contributed by atoms with E-state index in [1.165, 1.54) is 23.9 Å². The molecule has 2 rings (SSSR count). The lowest BCUT2D eigenvalue weighted by atomic mass is 9.89. The van der Waals surface area contributed by atoms with Crippen LogP contribution in [0.5, 0.6) is 0 Å². The third-order valence-electron chi connectivity index (χ3n) is 2.89. The molecule has 1 aliphatic rings. The molecule has 2 N–H and O–H groups in total. The van der Waals surface area contributed by atoms with E-state index in [1.54, 1.807) is 12.1 Å². The summed E-state index contributed by atoms with van der Waals surface area (Å²) < 4.78 is 12.7. The second kappa shape index (κ2) is 6.20. The van der Waals surface area contributed by atoms with Crippen LogP contribution < -0.4 is 5.32 Å². The predicted molar refractivity (Wildman–Crippen MR) is 68.9 cm³/mol. The van der Waals surface area contributed by atoms with Gasteiger partial charge in [0.1, 0.15) is 5.82 Å². The molecule has 0 aromatic heterocycles. The van der Waals surface area contributed by atoms with Crippen LogP contribution in [-0.2, 0) is 4.79 Å². The summed E-state index contributed by atoms with van der Waals surface area (Å²) in [6.45, 7) is 0. The first-order valence-corrected chi connectivity index (χ1v) is 6.98. The molecule has 0 atom stereocenters. The average Bonchev–Trinajstić information content (AvgIpc) is 2.30. The molecule has 0 spiro atoms. The molecule has 1 aromatic rings. The van der Waals surface area contributed by atoms with Gasteiger partial charge in [-0.2, -0.15) is 0 Å². The van der Waals surface area contributed by atoms with Gasteiger partial charge in [0.05, 0.1) is 6.10 Å². The summed E-state index contributed by atoms with van der Waals surface area (Å²) in [4.78, 5) is 12.5. The van der Waals surface area contributed by atoms with Crippen molar-refractivity contribution in [3.05, 3.63) is 30.1 Å². The van der Waals surface area contributed by atoms with Gasteiger partial charge in [0.2, 0.25) is 5.91 Å². The Morgan fingerprint density at radius 3 is 2.67 bits per heavy atom. The predicted octanol–water partition coefficient (Wildman–Crippen LogP) is 1.95. The first-order chi connectivity index (χ1) is 8.63. The quantitative estimate of drug-likeness (QED) is 0.803. The number of nitrogens with one attached hydrogen (secondary N) is 1. The van der Waals surface area contributed by atoms with Gasteiger partial charge in [0.15, 0.2) is 0 Å². The van der Waals surface area contributed by atoms with E-state index in [1.807, 2.05) is 0 Å². The minimum absolute atomic E-state index is 0.0153. The number of hydrogen-bond donors (Lipinski definition) is 2. The summed E-state index contributed by atoms with van der Waals surface area (Å²) in [5.74, 6) is 0.439. The van der Waals surface area contributed by atoms with Crippen molar-refractivity contribution >= 4 is 17.7 Å². The van der Waals surface area contributed by atoms with Gasteiger partial charge in [-0.3, -0.25) is 4.79 Å². The van der Waals surface area contributed by atoms with Crippen molar-refractivity contribution in [2.75, 3.05) is 5.75 Å². The minimum atomic E-state index is -0.249. The zero-order valence-corrected chi connectivity index (χ0v) is 10.8. The van der Waals surface area contributed by atoms with Crippen LogP contribution in [0.25, 0.3) is 0 Å². The van der Waals surface area contributed by atoms with E-state index in [4.69, 9.17) is 5.11 Å². The highest BCUT2D eigenvalue weighted by Gasteiger charge is 2.27. The molecule has 1 fully saturated rings. The number of thioether (sulfide) groups is 1. The number of carbonyl (C=O) groups is 1. The monoisotopic (exact) mass is 269 g/mol. The SMILES string of the molecule is O=C(CCSc1ccc(F)cc1)NC1CC(O)C1. The van der Waals surface area contributed by atoms with Crippen molar-refractivity contribution in [1.82, 2.24) is 5.32 Å². The molecule has 0 radical (unpaired) electrons. The zero-order chi connectivity index (χ0) is 13.0. The molecule has 0 aliphatic heterocycles. The Labute approximate surface area is 110 Å². The molecular formula is C13H16FNO2S. The van der Waals surface area contributed by atoms with Crippen LogP contribution in [0.2, 0.25) is 0 Å². The fraction of sp³-hybridized carbons (Fsp3) is 0.462. The topological polar surface area (TPSA) is 49.3 Å². The molecule has 0 bridgehead atoms. The number of amides is 1. The van der Waals surface area contributed by atoms with Crippen LogP contribution in [0.3, 0.4) is 0 Å². The van der Waals surface area contributed by atoms with Gasteiger partial charge >= 0.3 is 0 Å². The van der Waals surface area contributed by atoms with Crippen LogP contribution in [0.4, 0.5) is 4.39 Å². The van der Waals surface area contributed by atoms with Gasteiger partial charge < -0.3 is 10.4 Å². The normalized spacial score (nSPS) is 22.3. The Bertz CT molecular complexity index is 404. The van der Waals surface area contributed by atoms with E-state index >= 15 is 0 Å². The van der Waals surface area contributed by atoms with E-state index in [9.17, 15) is 9.18 Å². The second-order valence-corrected chi connectivity index (χ2v) is 5.61. The van der Waals surface area contributed by atoms with Crippen molar-refractivity contribution in [2.45, 2.75) is 36.3 Å². The highest BCUT2D eigenvalue weighted by molar-refractivity contribution is 7.99. The largest absolute Gasteiger partial charge is 0.393 e. The summed E-state index contributed by atoms with van der Waals surface area (Å²) in [7, 11) is 0. The maximum Gasteiger partial charge on any atom is 0.221 e. The van der Waals surface area contributed by atoms with E-state index in [0.29, 0.717) is 25.0 Å². The highest BCUT2D eigenvalue weighted by atomic mass is 32.2. The molecule has 1 aliphatic carbocycles. The highest BCUT2D eigenvalue weighted by Crippen LogP contribution is 2.21. The second-order valence-electron chi connectivity index (χ2n) is 4.44. The third kappa shape index (κ3) is 3.99. The standard InChI is InChI=1S/C13H16FNO2S/c14-9-1-3-12(4-2-9)18-6-5-13(17)15-10-7-11(16)8-10/h1-4,10-11,16H,5-8H2,(H,15,17). The van der Waals surface area contributed by atoms with Gasteiger partial charge in [-0.15, -0.1) is 11.8 Å². The number of benzene rings is 1. The number of halogens is 1. The van der Waals surface area contributed by atoms with E-state index in [2.05, 4.69) is 5.32 Å². The number of aliphatic hydroxyl groups is 1. The van der Waals surface area contributed by atoms with Crippen LogP contribution in [0, 0.1) is 5.82 Å². The molecule has 18 heavy (non-hydrogen) atoms. The Morgan fingerprint density at radius 1 is 1.39 bits per heavy atom. The van der Waals surface area contributed by atoms with Crippen LogP contribution >= 0.6 is 11.8 Å². The molecule has 0 unspecified atom stereocenters. The van der Waals surface area contributed by atoms with Gasteiger partial charge in [-0.1, -0.05) is 0 Å². The number of carbonyl (C=O) groups excluding carboxylic acids is 1. The Morgan fingerprint density at radius 2 is 2.06 bits per heavy atom. The first kappa shape index (κ1) is 13.4. The summed E-state index contributed by atoms with van der Waals surface area (Å²) in [6.07, 6.45) is 1.52.